The number of aromatic hydroxyl groups is 17. The highest BCUT2D eigenvalue weighted by Gasteiger charge is 2.17. The Bertz CT molecular complexity index is 5620. The van der Waals surface area contributed by atoms with E-state index in [1.807, 2.05) is 138 Å². The van der Waals surface area contributed by atoms with E-state index in [0.717, 1.165) is 72.4 Å². The maximum Gasteiger partial charge on any atom is 0.161 e. The lowest BCUT2D eigenvalue weighted by molar-refractivity contribution is 0.280. The molecule has 0 aliphatic carbocycles. The number of ether oxygens (including phenoxy) is 2. The number of methoxy groups -OCH3 is 1. The highest BCUT2D eigenvalue weighted by molar-refractivity contribution is 5.79. The van der Waals surface area contributed by atoms with Crippen LogP contribution in [-0.2, 0) is 38.7 Å². The quantitative estimate of drug-likeness (QED) is 0.0144. The Labute approximate surface area is 713 Å². The van der Waals surface area contributed by atoms with Crippen LogP contribution in [0.15, 0.2) is 222 Å². The molecule has 20 heteroatoms. The molecule has 18 N–H and O–H groups in total. The van der Waals surface area contributed by atoms with Gasteiger partial charge in [-0.25, -0.2) is 0 Å². The van der Waals surface area contributed by atoms with Gasteiger partial charge in [-0.2, -0.15) is 0 Å². The van der Waals surface area contributed by atoms with Crippen molar-refractivity contribution >= 4 is 60.8 Å². The SMILES string of the molecule is CC(C)=CCOc1cc(O)cc(/C=C/c2ccc(O)c(O)c2)c1.CC(C)=CCc1c(/C=C/c2ccc(O)c(O)c2)cc(O)cc1CO.CC(C)=CCc1c(O)cc(/C=C/c2ccc(O)c(O)c2)c(CC=C(C)C)c1O.CC(C)=CCc1c(O)cc(O)cc1/C=C/c1ccc(O)c(O)c1.COc1cc(/C=C/c2cc(O)cc(O)c2CC=C(C)C)ccc1O. The number of phenolic OH excluding ortho intramolecular Hbond substituents is 17. The molecule has 0 unspecified atom stereocenters. The Kier molecular flexibility index (Phi) is 37.3. The van der Waals surface area contributed by atoms with Gasteiger partial charge in [0.15, 0.2) is 57.5 Å². The monoisotopic (exact) mass is 1660 g/mol. The smallest absolute Gasteiger partial charge is 0.161 e. The molecule has 10 aromatic rings. The van der Waals surface area contributed by atoms with E-state index in [1.165, 1.54) is 73.3 Å². The van der Waals surface area contributed by atoms with Crippen LogP contribution in [0.5, 0.6) is 109 Å². The first-order chi connectivity index (χ1) is 57.8. The minimum Gasteiger partial charge on any atom is -0.508 e. The third-order valence-electron chi connectivity index (χ3n) is 18.3. The highest BCUT2D eigenvalue weighted by Crippen LogP contribution is 2.39. The minimum absolute atomic E-state index is 0.0105. The van der Waals surface area contributed by atoms with Crippen molar-refractivity contribution in [1.29, 1.82) is 0 Å². The van der Waals surface area contributed by atoms with Gasteiger partial charge in [-0.1, -0.05) is 155 Å². The molecule has 0 atom stereocenters. The van der Waals surface area contributed by atoms with Crippen molar-refractivity contribution in [2.75, 3.05) is 13.7 Å². The average molecular weight is 1660 g/mol. The number of hydrogen-bond donors (Lipinski definition) is 18. The molecule has 640 valence electrons. The molecule has 0 heterocycles. The highest BCUT2D eigenvalue weighted by atomic mass is 16.5. The number of rotatable bonds is 25. The van der Waals surface area contributed by atoms with E-state index in [1.54, 1.807) is 127 Å². The molecule has 0 amide bonds. The van der Waals surface area contributed by atoms with E-state index in [9.17, 15) is 91.9 Å². The van der Waals surface area contributed by atoms with Crippen molar-refractivity contribution in [1.82, 2.24) is 0 Å². The van der Waals surface area contributed by atoms with Gasteiger partial charge in [-0.3, -0.25) is 0 Å². The Morgan fingerprint density at radius 1 is 0.254 bits per heavy atom. The van der Waals surface area contributed by atoms with Crippen LogP contribution in [0.2, 0.25) is 0 Å². The molecule has 0 aromatic heterocycles. The molecule has 122 heavy (non-hydrogen) atoms. The first kappa shape index (κ1) is 96.3. The Hall–Kier alpha value is -14.5. The van der Waals surface area contributed by atoms with Crippen molar-refractivity contribution in [2.45, 2.75) is 122 Å². The summed E-state index contributed by atoms with van der Waals surface area (Å²) in [6.07, 6.45) is 32.6. The van der Waals surface area contributed by atoms with Crippen LogP contribution in [0.1, 0.15) is 172 Å². The number of allylic oxidation sites excluding steroid dienone is 11. The Balaban J connectivity index is 0.000000237. The number of aliphatic hydroxyl groups excluding tert-OH is 1. The fraction of sp³-hybridized carbons (Fsp3) is 0.196. The largest absolute Gasteiger partial charge is 0.508 e. The van der Waals surface area contributed by atoms with Crippen LogP contribution in [0.3, 0.4) is 0 Å². The van der Waals surface area contributed by atoms with Crippen molar-refractivity contribution in [3.8, 4) is 109 Å². The Morgan fingerprint density at radius 2 is 0.557 bits per heavy atom. The minimum atomic E-state index is -0.199. The van der Waals surface area contributed by atoms with Crippen molar-refractivity contribution in [2.24, 2.45) is 0 Å². The van der Waals surface area contributed by atoms with Gasteiger partial charge in [0.05, 0.1) is 13.7 Å². The number of phenols is 17. The first-order valence-corrected chi connectivity index (χ1v) is 39.0. The van der Waals surface area contributed by atoms with Gasteiger partial charge in [0.25, 0.3) is 0 Å². The van der Waals surface area contributed by atoms with Gasteiger partial charge in [0.1, 0.15) is 58.4 Å². The predicted molar refractivity (Wildman–Crippen MR) is 490 cm³/mol. The lowest BCUT2D eigenvalue weighted by Gasteiger charge is -2.14. The van der Waals surface area contributed by atoms with Gasteiger partial charge in [-0.05, 0) is 291 Å². The lowest BCUT2D eigenvalue weighted by atomic mass is 9.95. The van der Waals surface area contributed by atoms with E-state index in [2.05, 4.69) is 6.08 Å². The molecule has 0 bridgehead atoms. The lowest BCUT2D eigenvalue weighted by Crippen LogP contribution is -1.97. The second-order valence-electron chi connectivity index (χ2n) is 30.1. The number of benzene rings is 10. The zero-order valence-corrected chi connectivity index (χ0v) is 71.0. The van der Waals surface area contributed by atoms with Gasteiger partial charge >= 0.3 is 0 Å². The summed E-state index contributed by atoms with van der Waals surface area (Å²) in [7, 11) is 1.49. The standard InChI is InChI=1S/C24H28O4.2C20H22O4.2C19H20O4/c1-15(2)5-10-19-18(9-7-17-8-12-21(25)23(27)13-17)14-22(26)20(24(19)28)11-6-16(3)4;1-13(2)4-8-17-15(11-16(21)12-19(17)23)7-5-14-6-9-18(22)20(10-14)24-3;1-13(2)3-7-18-15(10-17(22)11-16(18)12-21)6-4-14-5-8-19(23)20(24)9-14;1-12(2)3-7-16-14(10-15(20)11-18(16)22)6-4-13-5-8-17(21)19(23)9-13;1-13(2)7-8-23-17-10-15(9-16(20)12-17)4-3-14-5-6-18(21)19(22)11-14/h5-9,12-14,25-28H,10-11H2,1-4H3;4-7,9-12,21-23H,8H2,1-3H3;3-6,8-11,21-24H,7,12H2,1-2H3;3-6,8-11,20-23H,7H2,1-2H3;3-7,9-12,20-22H,8H2,1-2H3/b9-7+;7-5+;2*6-4+;4-3+. The molecule has 0 aliphatic heterocycles. The third-order valence-corrected chi connectivity index (χ3v) is 18.3. The molecular formula is C102H112O20. The molecule has 20 nitrogen and oxygen atoms in total. The maximum absolute atomic E-state index is 10.8. The molecular weight excluding hydrogens is 1550 g/mol. The van der Waals surface area contributed by atoms with Crippen molar-refractivity contribution in [3.05, 3.63) is 311 Å². The average Bonchev–Trinajstić information content (AvgIpc) is 0.797. The van der Waals surface area contributed by atoms with Crippen molar-refractivity contribution < 1.29 is 101 Å². The number of aliphatic hydroxyl groups is 1. The topological polar surface area (TPSA) is 383 Å². The zero-order valence-electron chi connectivity index (χ0n) is 71.0. The molecule has 0 spiro atoms. The second-order valence-corrected chi connectivity index (χ2v) is 30.1. The molecule has 10 aromatic carbocycles. The normalized spacial score (nSPS) is 10.8. The molecule has 0 aliphatic rings. The zero-order chi connectivity index (χ0) is 90.0. The van der Waals surface area contributed by atoms with Crippen LogP contribution in [0, 0.1) is 0 Å². The summed E-state index contributed by atoms with van der Waals surface area (Å²) in [5, 5.41) is 175. The van der Waals surface area contributed by atoms with Crippen LogP contribution < -0.4 is 9.47 Å². The van der Waals surface area contributed by atoms with E-state index in [0.29, 0.717) is 94.7 Å². The summed E-state index contributed by atoms with van der Waals surface area (Å²) in [5.41, 5.74) is 18.5. The fourth-order valence-electron chi connectivity index (χ4n) is 11.6. The van der Waals surface area contributed by atoms with Crippen LogP contribution in [-0.4, -0.2) is 106 Å². The van der Waals surface area contributed by atoms with Gasteiger partial charge in [-0.15, -0.1) is 0 Å². The first-order valence-electron chi connectivity index (χ1n) is 39.0. The summed E-state index contributed by atoms with van der Waals surface area (Å²) in [5.74, 6) is 0.0541. The predicted octanol–water partition coefficient (Wildman–Crippen LogP) is 22.7. The summed E-state index contributed by atoms with van der Waals surface area (Å²) in [6, 6.07) is 38.9. The summed E-state index contributed by atoms with van der Waals surface area (Å²) >= 11 is 0. The number of hydrogen-bond acceptors (Lipinski definition) is 20. The second kappa shape index (κ2) is 47.2. The Morgan fingerprint density at radius 3 is 0.926 bits per heavy atom. The van der Waals surface area contributed by atoms with Gasteiger partial charge in [0, 0.05) is 40.5 Å². The van der Waals surface area contributed by atoms with Crippen LogP contribution in [0.4, 0.5) is 0 Å². The van der Waals surface area contributed by atoms with Crippen molar-refractivity contribution in [3.63, 3.8) is 0 Å². The van der Waals surface area contributed by atoms with E-state index in [4.69, 9.17) is 9.47 Å². The summed E-state index contributed by atoms with van der Waals surface area (Å²) < 4.78 is 10.7. The maximum atomic E-state index is 10.8. The van der Waals surface area contributed by atoms with E-state index < -0.39 is 0 Å². The van der Waals surface area contributed by atoms with Gasteiger partial charge < -0.3 is 101 Å². The molecule has 10 rings (SSSR count). The summed E-state index contributed by atoms with van der Waals surface area (Å²) in [4.78, 5) is 0. The van der Waals surface area contributed by atoms with Gasteiger partial charge in [0.2, 0.25) is 0 Å². The molecule has 0 saturated heterocycles. The fourth-order valence-corrected chi connectivity index (χ4v) is 11.6. The van der Waals surface area contributed by atoms with E-state index >= 15 is 0 Å². The molecule has 0 radical (unpaired) electrons. The van der Waals surface area contributed by atoms with E-state index in [-0.39, 0.29) is 104 Å². The third kappa shape index (κ3) is 31.7. The van der Waals surface area contributed by atoms with Crippen LogP contribution >= 0.6 is 0 Å². The van der Waals surface area contributed by atoms with Crippen LogP contribution in [0.25, 0.3) is 60.8 Å². The molecule has 0 saturated carbocycles. The molecule has 0 fully saturated rings. The summed E-state index contributed by atoms with van der Waals surface area (Å²) in [6.45, 7) is 24.2.